The topological polar surface area (TPSA) is 21.3 Å². The zero-order valence-corrected chi connectivity index (χ0v) is 16.6. The van der Waals surface area contributed by atoms with Crippen molar-refractivity contribution < 1.29 is 4.74 Å². The third kappa shape index (κ3) is 3.63. The van der Waals surface area contributed by atoms with E-state index in [1.54, 1.807) is 23.1 Å². The van der Waals surface area contributed by atoms with Crippen LogP contribution in [-0.2, 0) is 0 Å². The smallest absolute Gasteiger partial charge is 0.120 e. The van der Waals surface area contributed by atoms with Crippen LogP contribution in [0.5, 0.6) is 5.75 Å². The lowest BCUT2D eigenvalue weighted by Gasteiger charge is -2.15. The van der Waals surface area contributed by atoms with Crippen LogP contribution in [0.25, 0.3) is 5.70 Å². The van der Waals surface area contributed by atoms with Gasteiger partial charge >= 0.3 is 0 Å². The zero-order valence-electron chi connectivity index (χ0n) is 14.2. The summed E-state index contributed by atoms with van der Waals surface area (Å²) in [5, 5.41) is 6.60. The van der Waals surface area contributed by atoms with Crippen LogP contribution in [-0.4, -0.2) is 6.61 Å². The fourth-order valence-electron chi connectivity index (χ4n) is 2.90. The van der Waals surface area contributed by atoms with E-state index in [2.05, 4.69) is 47.1 Å². The molecule has 0 fully saturated rings. The molecule has 2 heterocycles. The lowest BCUT2D eigenvalue weighted by atomic mass is 10.1. The van der Waals surface area contributed by atoms with Crippen LogP contribution >= 0.6 is 34.7 Å². The highest BCUT2D eigenvalue weighted by Crippen LogP contribution is 2.47. The fraction of sp³-hybridized carbons (Fsp3) is 0.143. The van der Waals surface area contributed by atoms with Gasteiger partial charge in [-0.05, 0) is 54.3 Å². The first kappa shape index (κ1) is 17.5. The molecule has 132 valence electrons. The highest BCUT2D eigenvalue weighted by Gasteiger charge is 2.22. The van der Waals surface area contributed by atoms with E-state index in [0.29, 0.717) is 6.61 Å². The lowest BCUT2D eigenvalue weighted by molar-refractivity contribution is 0.339. The number of nitrogens with one attached hydrogen (secondary N) is 1. The summed E-state index contributed by atoms with van der Waals surface area (Å²) in [7, 11) is 0. The van der Waals surface area contributed by atoms with Gasteiger partial charge in [-0.3, -0.25) is 0 Å². The maximum absolute atomic E-state index is 6.51. The largest absolute Gasteiger partial charge is 0.494 e. The number of halogens is 1. The van der Waals surface area contributed by atoms with Gasteiger partial charge < -0.3 is 10.1 Å². The van der Waals surface area contributed by atoms with Crippen LogP contribution in [0, 0.1) is 0 Å². The number of ether oxygens (including phenoxy) is 1. The number of hydrogen-bond donors (Lipinski definition) is 1. The maximum Gasteiger partial charge on any atom is 0.120 e. The molecule has 0 amide bonds. The molecule has 1 atom stereocenters. The van der Waals surface area contributed by atoms with Crippen LogP contribution in [0.15, 0.2) is 70.9 Å². The first-order valence-corrected chi connectivity index (χ1v) is 10.6. The molecule has 0 saturated heterocycles. The van der Waals surface area contributed by atoms with Gasteiger partial charge in [-0.1, -0.05) is 35.9 Å². The molecule has 1 aliphatic rings. The Morgan fingerprint density at radius 2 is 2.00 bits per heavy atom. The number of benzene rings is 2. The van der Waals surface area contributed by atoms with Gasteiger partial charge in [-0.2, -0.15) is 0 Å². The van der Waals surface area contributed by atoms with Crippen LogP contribution in [0.4, 0.5) is 5.69 Å². The number of hydrogen-bond acceptors (Lipinski definition) is 4. The molecule has 5 heteroatoms. The Balaban J connectivity index is 1.80. The monoisotopic (exact) mass is 399 g/mol. The molecular formula is C21H18ClNOS2. The van der Waals surface area contributed by atoms with Crippen molar-refractivity contribution >= 4 is 46.1 Å². The summed E-state index contributed by atoms with van der Waals surface area (Å²) in [6.45, 7) is 2.66. The Hall–Kier alpha value is -1.88. The number of thioether (sulfide) groups is 1. The van der Waals surface area contributed by atoms with Crippen LogP contribution in [0.1, 0.15) is 22.6 Å². The number of anilines is 1. The van der Waals surface area contributed by atoms with Gasteiger partial charge in [0.1, 0.15) is 5.75 Å². The number of thiophene rings is 1. The van der Waals surface area contributed by atoms with Crippen LogP contribution in [0.2, 0.25) is 5.02 Å². The van der Waals surface area contributed by atoms with Crippen molar-refractivity contribution in [2.24, 2.45) is 0 Å². The molecule has 3 aromatic rings. The van der Waals surface area contributed by atoms with Gasteiger partial charge in [0.05, 0.1) is 28.1 Å². The minimum Gasteiger partial charge on any atom is -0.494 e. The summed E-state index contributed by atoms with van der Waals surface area (Å²) in [5.41, 5.74) is 3.32. The number of fused-ring (bicyclic) bond motifs is 1. The first-order chi connectivity index (χ1) is 12.7. The highest BCUT2D eigenvalue weighted by atomic mass is 35.5. The molecule has 0 bridgehead atoms. The predicted octanol–water partition coefficient (Wildman–Crippen LogP) is 7.10. The Bertz CT molecular complexity index is 937. The average Bonchev–Trinajstić information content (AvgIpc) is 3.11. The average molecular weight is 400 g/mol. The first-order valence-electron chi connectivity index (χ1n) is 8.45. The van der Waals surface area contributed by atoms with Crippen molar-refractivity contribution in [2.75, 3.05) is 11.9 Å². The van der Waals surface area contributed by atoms with Crippen molar-refractivity contribution in [3.05, 3.63) is 81.5 Å². The second-order valence-electron chi connectivity index (χ2n) is 5.83. The highest BCUT2D eigenvalue weighted by molar-refractivity contribution is 7.99. The molecular weight excluding hydrogens is 382 g/mol. The summed E-state index contributed by atoms with van der Waals surface area (Å²) in [5.74, 6) is 0.887. The van der Waals surface area contributed by atoms with E-state index in [4.69, 9.17) is 16.3 Å². The predicted molar refractivity (Wildman–Crippen MR) is 114 cm³/mol. The van der Waals surface area contributed by atoms with E-state index in [1.165, 1.54) is 4.88 Å². The van der Waals surface area contributed by atoms with Crippen molar-refractivity contribution in [1.29, 1.82) is 0 Å². The van der Waals surface area contributed by atoms with Crippen molar-refractivity contribution in [3.8, 4) is 5.75 Å². The van der Waals surface area contributed by atoms with E-state index in [0.717, 1.165) is 32.6 Å². The van der Waals surface area contributed by atoms with Gasteiger partial charge in [0.2, 0.25) is 0 Å². The minimum atomic E-state index is 0.117. The summed E-state index contributed by atoms with van der Waals surface area (Å²) >= 11 is 10.0. The zero-order chi connectivity index (χ0) is 17.9. The van der Waals surface area contributed by atoms with E-state index in [9.17, 15) is 0 Å². The van der Waals surface area contributed by atoms with Gasteiger partial charge in [0.15, 0.2) is 0 Å². The van der Waals surface area contributed by atoms with E-state index in [-0.39, 0.29) is 5.25 Å². The Labute approximate surface area is 166 Å². The summed E-state index contributed by atoms with van der Waals surface area (Å²) in [4.78, 5) is 2.37. The molecule has 0 radical (unpaired) electrons. The van der Waals surface area contributed by atoms with Crippen LogP contribution in [0.3, 0.4) is 0 Å². The Kier molecular flexibility index (Phi) is 5.25. The molecule has 2 nitrogen and oxygen atoms in total. The molecule has 1 N–H and O–H groups in total. The normalized spacial score (nSPS) is 16.2. The van der Waals surface area contributed by atoms with Gasteiger partial charge in [-0.25, -0.2) is 0 Å². The second kappa shape index (κ2) is 7.78. The molecule has 4 rings (SSSR count). The lowest BCUT2D eigenvalue weighted by Crippen LogP contribution is -1.98. The Morgan fingerprint density at radius 3 is 2.77 bits per heavy atom. The molecule has 26 heavy (non-hydrogen) atoms. The fourth-order valence-corrected chi connectivity index (χ4v) is 5.17. The number of rotatable bonds is 4. The van der Waals surface area contributed by atoms with Crippen molar-refractivity contribution in [2.45, 2.75) is 17.1 Å². The maximum atomic E-state index is 6.51. The molecule has 0 aliphatic carbocycles. The van der Waals surface area contributed by atoms with Gasteiger partial charge in [0, 0.05) is 9.92 Å². The third-order valence-electron chi connectivity index (χ3n) is 4.10. The summed E-state index contributed by atoms with van der Waals surface area (Å²) < 4.78 is 5.69. The standard InChI is InChI=1S/C21H18ClNOS2/c1-2-24-14-9-10-17-21(12-14)26-20(15-6-3-4-7-16(15)22)13-18(23-17)19-8-5-11-25-19/h3-13,20,23H,2H2,1H3. The second-order valence-corrected chi connectivity index (χ2v) is 8.37. The van der Waals surface area contributed by atoms with E-state index < -0.39 is 0 Å². The van der Waals surface area contributed by atoms with Crippen molar-refractivity contribution in [1.82, 2.24) is 0 Å². The molecule has 1 aliphatic heterocycles. The SMILES string of the molecule is CCOc1ccc2c(c1)SC(c1ccccc1Cl)C=C(c1cccs1)N2. The van der Waals surface area contributed by atoms with Gasteiger partial charge in [0.25, 0.3) is 0 Å². The molecule has 1 unspecified atom stereocenters. The van der Waals surface area contributed by atoms with Gasteiger partial charge in [-0.15, -0.1) is 23.1 Å². The quantitative estimate of drug-likeness (QED) is 0.505. The van der Waals surface area contributed by atoms with Crippen LogP contribution < -0.4 is 10.1 Å². The Morgan fingerprint density at radius 1 is 1.12 bits per heavy atom. The summed E-state index contributed by atoms with van der Waals surface area (Å²) in [6.07, 6.45) is 2.26. The minimum absolute atomic E-state index is 0.117. The molecule has 1 aromatic heterocycles. The van der Waals surface area contributed by atoms with Crippen molar-refractivity contribution in [3.63, 3.8) is 0 Å². The van der Waals surface area contributed by atoms with E-state index >= 15 is 0 Å². The molecule has 2 aromatic carbocycles. The summed E-state index contributed by atoms with van der Waals surface area (Å²) in [6, 6.07) is 18.5. The molecule has 0 spiro atoms. The third-order valence-corrected chi connectivity index (χ3v) is 6.59. The molecule has 0 saturated carbocycles. The van der Waals surface area contributed by atoms with E-state index in [1.807, 2.05) is 31.2 Å².